The zero-order valence-corrected chi connectivity index (χ0v) is 13.5. The lowest BCUT2D eigenvalue weighted by atomic mass is 9.87. The number of carbonyl (C=O) groups excluding carboxylic acids is 1. The molecule has 1 aromatic heterocycles. The molecule has 1 rings (SSSR count). The average Bonchev–Trinajstić information content (AvgIpc) is 2.69. The van der Waals surface area contributed by atoms with E-state index in [2.05, 4.69) is 29.8 Å². The normalized spacial score (nSPS) is 12.9. The summed E-state index contributed by atoms with van der Waals surface area (Å²) in [7, 11) is 0. The third-order valence-electron chi connectivity index (χ3n) is 3.27. The van der Waals surface area contributed by atoms with Gasteiger partial charge in [-0.05, 0) is 59.3 Å². The molecule has 0 spiro atoms. The zero-order valence-electron chi connectivity index (χ0n) is 11.1. The van der Waals surface area contributed by atoms with Crippen LogP contribution in [0.25, 0.3) is 0 Å². The number of Topliss-reactive ketones (excluding diaryl/α,β-unsaturated/α-hetero) is 1. The molecule has 0 aliphatic rings. The maximum Gasteiger partial charge on any atom is 0.138 e. The summed E-state index contributed by atoms with van der Waals surface area (Å²) in [6.07, 6.45) is 3.25. The molecule has 18 heavy (non-hydrogen) atoms. The first kappa shape index (κ1) is 15.9. The predicted molar refractivity (Wildman–Crippen MR) is 82.0 cm³/mol. The summed E-state index contributed by atoms with van der Waals surface area (Å²) in [5.74, 6) is 1.53. The van der Waals surface area contributed by atoms with Gasteiger partial charge in [0.05, 0.1) is 3.79 Å². The smallest absolute Gasteiger partial charge is 0.138 e. The molecule has 1 heterocycles. The van der Waals surface area contributed by atoms with Crippen LogP contribution < -0.4 is 5.73 Å². The van der Waals surface area contributed by atoms with Crippen molar-refractivity contribution >= 4 is 33.0 Å². The lowest BCUT2D eigenvalue weighted by Gasteiger charge is -2.19. The zero-order chi connectivity index (χ0) is 13.5. The molecule has 2 nitrogen and oxygen atoms in total. The molecule has 0 fully saturated rings. The Morgan fingerprint density at radius 2 is 2.11 bits per heavy atom. The molecule has 0 saturated carbocycles. The second kappa shape index (κ2) is 8.08. The summed E-state index contributed by atoms with van der Waals surface area (Å²) in [6, 6.07) is 4.02. The fourth-order valence-electron chi connectivity index (χ4n) is 2.10. The number of carbonyl (C=O) groups is 1. The van der Waals surface area contributed by atoms with Crippen molar-refractivity contribution in [2.45, 2.75) is 39.5 Å². The van der Waals surface area contributed by atoms with Gasteiger partial charge >= 0.3 is 0 Å². The Morgan fingerprint density at radius 1 is 1.39 bits per heavy atom. The topological polar surface area (TPSA) is 43.1 Å². The fourth-order valence-corrected chi connectivity index (χ4v) is 3.61. The van der Waals surface area contributed by atoms with E-state index in [1.54, 1.807) is 11.3 Å². The first-order chi connectivity index (χ1) is 8.52. The summed E-state index contributed by atoms with van der Waals surface area (Å²) in [5.41, 5.74) is 5.61. The van der Waals surface area contributed by atoms with Crippen molar-refractivity contribution in [3.05, 3.63) is 20.8 Å². The summed E-state index contributed by atoms with van der Waals surface area (Å²) in [6.45, 7) is 5.14. The molecular weight excluding hydrogens is 310 g/mol. The lowest BCUT2D eigenvalue weighted by Crippen LogP contribution is -2.16. The first-order valence-electron chi connectivity index (χ1n) is 6.49. The van der Waals surface area contributed by atoms with Crippen LogP contribution in [0, 0.1) is 11.8 Å². The highest BCUT2D eigenvalue weighted by atomic mass is 79.9. The van der Waals surface area contributed by atoms with Crippen molar-refractivity contribution in [2.24, 2.45) is 17.6 Å². The van der Waals surface area contributed by atoms with E-state index in [4.69, 9.17) is 5.73 Å². The molecule has 2 N–H and O–H groups in total. The Bertz CT molecular complexity index is 376. The Hall–Kier alpha value is -0.190. The standard InChI is InChI=1S/C14H22BrNOS/c1-10(2)11(7-8-16)3-4-12(17)9-13-5-6-14(15)18-13/h5-6,10-11H,3-4,7-9,16H2,1-2H3. The van der Waals surface area contributed by atoms with Gasteiger partial charge in [0.1, 0.15) is 5.78 Å². The van der Waals surface area contributed by atoms with E-state index in [0.717, 1.165) is 28.0 Å². The number of ketones is 1. The maximum atomic E-state index is 11.9. The van der Waals surface area contributed by atoms with E-state index in [1.807, 2.05) is 12.1 Å². The number of halogens is 1. The van der Waals surface area contributed by atoms with Gasteiger partial charge in [-0.2, -0.15) is 0 Å². The number of hydrogen-bond donors (Lipinski definition) is 1. The minimum absolute atomic E-state index is 0.340. The first-order valence-corrected chi connectivity index (χ1v) is 8.09. The van der Waals surface area contributed by atoms with E-state index in [9.17, 15) is 4.79 Å². The molecule has 4 heteroatoms. The van der Waals surface area contributed by atoms with Gasteiger partial charge in [-0.1, -0.05) is 13.8 Å². The summed E-state index contributed by atoms with van der Waals surface area (Å²) in [5, 5.41) is 0. The summed E-state index contributed by atoms with van der Waals surface area (Å²) >= 11 is 5.06. The number of hydrogen-bond acceptors (Lipinski definition) is 3. The predicted octanol–water partition coefficient (Wildman–Crippen LogP) is 4.02. The monoisotopic (exact) mass is 331 g/mol. The van der Waals surface area contributed by atoms with Crippen LogP contribution in [0.15, 0.2) is 15.9 Å². The second-order valence-corrected chi connectivity index (χ2v) is 7.59. The molecule has 0 radical (unpaired) electrons. The van der Waals surface area contributed by atoms with Crippen LogP contribution in [0.3, 0.4) is 0 Å². The Labute approximate surface area is 122 Å². The molecule has 102 valence electrons. The van der Waals surface area contributed by atoms with E-state index >= 15 is 0 Å². The third-order valence-corrected chi connectivity index (χ3v) is 4.90. The second-order valence-electron chi connectivity index (χ2n) is 5.04. The molecule has 0 aliphatic carbocycles. The molecule has 0 bridgehead atoms. The summed E-state index contributed by atoms with van der Waals surface area (Å²) in [4.78, 5) is 13.1. The quantitative estimate of drug-likeness (QED) is 0.781. The number of rotatable bonds is 8. The summed E-state index contributed by atoms with van der Waals surface area (Å²) < 4.78 is 1.09. The average molecular weight is 332 g/mol. The van der Waals surface area contributed by atoms with Crippen molar-refractivity contribution in [3.8, 4) is 0 Å². The van der Waals surface area contributed by atoms with Crippen molar-refractivity contribution in [3.63, 3.8) is 0 Å². The molecule has 1 aromatic rings. The van der Waals surface area contributed by atoms with Crippen LogP contribution in [-0.2, 0) is 11.2 Å². The van der Waals surface area contributed by atoms with Crippen LogP contribution >= 0.6 is 27.3 Å². The molecule has 0 saturated heterocycles. The Morgan fingerprint density at radius 3 is 2.61 bits per heavy atom. The third kappa shape index (κ3) is 5.63. The van der Waals surface area contributed by atoms with E-state index < -0.39 is 0 Å². The molecule has 1 atom stereocenters. The van der Waals surface area contributed by atoms with E-state index in [-0.39, 0.29) is 0 Å². The van der Waals surface area contributed by atoms with Crippen LogP contribution in [0.1, 0.15) is 38.0 Å². The lowest BCUT2D eigenvalue weighted by molar-refractivity contribution is -0.118. The molecular formula is C14H22BrNOS. The maximum absolute atomic E-state index is 11.9. The van der Waals surface area contributed by atoms with Crippen LogP contribution in [0.4, 0.5) is 0 Å². The van der Waals surface area contributed by atoms with Gasteiger partial charge in [0.15, 0.2) is 0 Å². The van der Waals surface area contributed by atoms with Gasteiger partial charge in [0.2, 0.25) is 0 Å². The molecule has 1 unspecified atom stereocenters. The van der Waals surface area contributed by atoms with Gasteiger partial charge in [-0.3, -0.25) is 4.79 Å². The highest BCUT2D eigenvalue weighted by Crippen LogP contribution is 2.24. The van der Waals surface area contributed by atoms with Gasteiger partial charge in [-0.25, -0.2) is 0 Å². The van der Waals surface area contributed by atoms with Gasteiger partial charge in [0.25, 0.3) is 0 Å². The van der Waals surface area contributed by atoms with Crippen LogP contribution in [-0.4, -0.2) is 12.3 Å². The molecule has 0 aromatic carbocycles. The Kier molecular flexibility index (Phi) is 7.12. The van der Waals surface area contributed by atoms with Crippen LogP contribution in [0.5, 0.6) is 0 Å². The van der Waals surface area contributed by atoms with E-state index in [0.29, 0.717) is 30.5 Å². The van der Waals surface area contributed by atoms with Gasteiger partial charge in [0, 0.05) is 17.7 Å². The number of thiophene rings is 1. The van der Waals surface area contributed by atoms with Crippen LogP contribution in [0.2, 0.25) is 0 Å². The van der Waals surface area contributed by atoms with Crippen molar-refractivity contribution < 1.29 is 4.79 Å². The minimum Gasteiger partial charge on any atom is -0.330 e. The largest absolute Gasteiger partial charge is 0.330 e. The van der Waals surface area contributed by atoms with E-state index in [1.165, 1.54) is 0 Å². The van der Waals surface area contributed by atoms with Crippen molar-refractivity contribution in [1.82, 2.24) is 0 Å². The number of nitrogens with two attached hydrogens (primary N) is 1. The highest BCUT2D eigenvalue weighted by Gasteiger charge is 2.15. The van der Waals surface area contributed by atoms with Gasteiger partial charge in [-0.15, -0.1) is 11.3 Å². The van der Waals surface area contributed by atoms with Crippen molar-refractivity contribution in [2.75, 3.05) is 6.54 Å². The SMILES string of the molecule is CC(C)C(CCN)CCC(=O)Cc1ccc(Br)s1. The highest BCUT2D eigenvalue weighted by molar-refractivity contribution is 9.11. The Balaban J connectivity index is 2.35. The minimum atomic E-state index is 0.340. The fraction of sp³-hybridized carbons (Fsp3) is 0.643. The van der Waals surface area contributed by atoms with Crippen molar-refractivity contribution in [1.29, 1.82) is 0 Å². The van der Waals surface area contributed by atoms with Gasteiger partial charge < -0.3 is 5.73 Å². The molecule has 0 aliphatic heterocycles. The molecule has 0 amide bonds.